The molecule has 1 amide bonds. The third-order valence-electron chi connectivity index (χ3n) is 3.84. The van der Waals surface area contributed by atoms with Crippen molar-refractivity contribution in [3.05, 3.63) is 78.4 Å². The Morgan fingerprint density at radius 1 is 1.23 bits per heavy atom. The Balaban J connectivity index is 1.54. The fourth-order valence-electron chi connectivity index (χ4n) is 2.48. The fraction of sp³-hybridized carbons (Fsp3) is 0.190. The van der Waals surface area contributed by atoms with Crippen LogP contribution >= 0.6 is 11.8 Å². The van der Waals surface area contributed by atoms with E-state index in [1.165, 1.54) is 18.0 Å². The van der Waals surface area contributed by atoms with E-state index in [0.29, 0.717) is 23.2 Å². The molecule has 0 aliphatic heterocycles. The molecular formula is C21H22N6O2S. The van der Waals surface area contributed by atoms with Crippen molar-refractivity contribution < 1.29 is 9.53 Å². The number of pyridine rings is 1. The number of para-hydroxylation sites is 1. The number of amides is 1. The minimum Gasteiger partial charge on any atom is -0.486 e. The Labute approximate surface area is 179 Å². The minimum absolute atomic E-state index is 0.146. The lowest BCUT2D eigenvalue weighted by atomic mass is 10.3. The summed E-state index contributed by atoms with van der Waals surface area (Å²) in [7, 11) is 0. The van der Waals surface area contributed by atoms with E-state index in [9.17, 15) is 4.79 Å². The Kier molecular flexibility index (Phi) is 7.73. The van der Waals surface area contributed by atoms with Crippen LogP contribution in [0.2, 0.25) is 0 Å². The number of ether oxygens (including phenoxy) is 1. The molecule has 30 heavy (non-hydrogen) atoms. The second-order valence-corrected chi connectivity index (χ2v) is 7.13. The molecule has 1 aromatic carbocycles. The van der Waals surface area contributed by atoms with E-state index >= 15 is 0 Å². The van der Waals surface area contributed by atoms with Gasteiger partial charge in [0, 0.05) is 12.2 Å². The quantitative estimate of drug-likeness (QED) is 0.234. The molecule has 0 saturated carbocycles. The summed E-state index contributed by atoms with van der Waals surface area (Å²) in [5.41, 5.74) is 4.05. The fourth-order valence-corrected chi connectivity index (χ4v) is 3.24. The number of nitrogens with one attached hydrogen (secondary N) is 1. The minimum atomic E-state index is -0.251. The summed E-state index contributed by atoms with van der Waals surface area (Å²) in [6.45, 7) is 6.45. The summed E-state index contributed by atoms with van der Waals surface area (Å²) in [6, 6.07) is 15.1. The molecule has 0 aliphatic rings. The van der Waals surface area contributed by atoms with Crippen molar-refractivity contribution in [2.24, 2.45) is 5.10 Å². The zero-order chi connectivity index (χ0) is 21.2. The van der Waals surface area contributed by atoms with Crippen LogP contribution in [0.4, 0.5) is 0 Å². The number of allylic oxidation sites excluding steroid dienone is 1. The first-order valence-corrected chi connectivity index (χ1v) is 10.2. The van der Waals surface area contributed by atoms with Crippen molar-refractivity contribution >= 4 is 23.9 Å². The Morgan fingerprint density at radius 3 is 2.83 bits per heavy atom. The van der Waals surface area contributed by atoms with Gasteiger partial charge in [-0.3, -0.25) is 14.3 Å². The molecule has 8 nitrogen and oxygen atoms in total. The van der Waals surface area contributed by atoms with Crippen LogP contribution in [0.5, 0.6) is 5.75 Å². The molecule has 3 aromatic rings. The maximum atomic E-state index is 12.1. The molecule has 1 N–H and O–H groups in total. The van der Waals surface area contributed by atoms with E-state index in [0.717, 1.165) is 11.4 Å². The van der Waals surface area contributed by atoms with E-state index in [1.54, 1.807) is 6.08 Å². The topological polar surface area (TPSA) is 94.3 Å². The van der Waals surface area contributed by atoms with E-state index < -0.39 is 0 Å². The first kappa shape index (κ1) is 21.3. The number of rotatable bonds is 10. The molecule has 0 radical (unpaired) electrons. The van der Waals surface area contributed by atoms with Crippen LogP contribution in [-0.2, 0) is 17.9 Å². The SMILES string of the molecule is C=CCn1c(COc2ccccc2)nnc1SCC(=O)NN=Cc1cccc(C)n1. The van der Waals surface area contributed by atoms with Gasteiger partial charge in [-0.25, -0.2) is 5.43 Å². The van der Waals surface area contributed by atoms with Crippen LogP contribution in [0.25, 0.3) is 0 Å². The molecule has 3 rings (SSSR count). The largest absolute Gasteiger partial charge is 0.486 e. The van der Waals surface area contributed by atoms with E-state index in [2.05, 4.69) is 32.3 Å². The lowest BCUT2D eigenvalue weighted by Gasteiger charge is -2.09. The van der Waals surface area contributed by atoms with Crippen LogP contribution in [0.3, 0.4) is 0 Å². The van der Waals surface area contributed by atoms with Gasteiger partial charge in [0.2, 0.25) is 0 Å². The highest BCUT2D eigenvalue weighted by atomic mass is 32.2. The first-order valence-electron chi connectivity index (χ1n) is 9.25. The van der Waals surface area contributed by atoms with Gasteiger partial charge in [0.15, 0.2) is 11.0 Å². The van der Waals surface area contributed by atoms with Crippen molar-refractivity contribution in [3.8, 4) is 5.75 Å². The Bertz CT molecular complexity index is 1020. The molecule has 2 aromatic heterocycles. The molecular weight excluding hydrogens is 400 g/mol. The highest BCUT2D eigenvalue weighted by Gasteiger charge is 2.14. The summed E-state index contributed by atoms with van der Waals surface area (Å²) in [6.07, 6.45) is 3.26. The summed E-state index contributed by atoms with van der Waals surface area (Å²) < 4.78 is 7.62. The van der Waals surface area contributed by atoms with E-state index in [1.807, 2.05) is 60.0 Å². The van der Waals surface area contributed by atoms with Crippen molar-refractivity contribution in [1.29, 1.82) is 0 Å². The second-order valence-electron chi connectivity index (χ2n) is 6.19. The van der Waals surface area contributed by atoms with Gasteiger partial charge in [0.25, 0.3) is 5.91 Å². The van der Waals surface area contributed by atoms with Gasteiger partial charge in [0.1, 0.15) is 12.4 Å². The number of hydrazone groups is 1. The molecule has 0 saturated heterocycles. The van der Waals surface area contributed by atoms with Crippen LogP contribution < -0.4 is 10.2 Å². The number of hydrogen-bond donors (Lipinski definition) is 1. The molecule has 0 spiro atoms. The number of benzene rings is 1. The summed E-state index contributed by atoms with van der Waals surface area (Å²) in [4.78, 5) is 16.4. The van der Waals surface area contributed by atoms with E-state index in [4.69, 9.17) is 4.74 Å². The van der Waals surface area contributed by atoms with Crippen LogP contribution in [-0.4, -0.2) is 37.6 Å². The van der Waals surface area contributed by atoms with Gasteiger partial charge in [-0.1, -0.05) is 42.1 Å². The monoisotopic (exact) mass is 422 g/mol. The molecule has 0 aliphatic carbocycles. The third kappa shape index (κ3) is 6.28. The van der Waals surface area contributed by atoms with Crippen molar-refractivity contribution in [3.63, 3.8) is 0 Å². The lowest BCUT2D eigenvalue weighted by Crippen LogP contribution is -2.20. The van der Waals surface area contributed by atoms with Crippen LogP contribution in [0.1, 0.15) is 17.2 Å². The second kappa shape index (κ2) is 10.9. The number of aromatic nitrogens is 4. The number of thioether (sulfide) groups is 1. The van der Waals surface area contributed by atoms with Crippen molar-refractivity contribution in [1.82, 2.24) is 25.2 Å². The molecule has 2 heterocycles. The Hall–Kier alpha value is -3.46. The maximum absolute atomic E-state index is 12.1. The first-order chi connectivity index (χ1) is 14.7. The number of carbonyl (C=O) groups excluding carboxylic acids is 1. The maximum Gasteiger partial charge on any atom is 0.250 e. The van der Waals surface area contributed by atoms with Gasteiger partial charge in [-0.05, 0) is 31.2 Å². The van der Waals surface area contributed by atoms with Gasteiger partial charge in [-0.2, -0.15) is 5.10 Å². The molecule has 9 heteroatoms. The van der Waals surface area contributed by atoms with Gasteiger partial charge in [0.05, 0.1) is 17.7 Å². The number of nitrogens with zero attached hydrogens (tertiary/aromatic N) is 5. The lowest BCUT2D eigenvalue weighted by molar-refractivity contribution is -0.118. The third-order valence-corrected chi connectivity index (χ3v) is 4.81. The predicted molar refractivity (Wildman–Crippen MR) is 116 cm³/mol. The zero-order valence-electron chi connectivity index (χ0n) is 16.6. The van der Waals surface area contributed by atoms with Crippen molar-refractivity contribution in [2.45, 2.75) is 25.2 Å². The zero-order valence-corrected chi connectivity index (χ0v) is 17.4. The predicted octanol–water partition coefficient (Wildman–Crippen LogP) is 2.99. The molecule has 0 fully saturated rings. The van der Waals surface area contributed by atoms with E-state index in [-0.39, 0.29) is 18.3 Å². The highest BCUT2D eigenvalue weighted by Crippen LogP contribution is 2.18. The average Bonchev–Trinajstić information content (AvgIpc) is 3.13. The molecule has 0 unspecified atom stereocenters. The van der Waals surface area contributed by atoms with Gasteiger partial charge in [-0.15, -0.1) is 16.8 Å². The normalized spacial score (nSPS) is 10.8. The number of hydrogen-bond acceptors (Lipinski definition) is 7. The van der Waals surface area contributed by atoms with Gasteiger partial charge < -0.3 is 4.74 Å². The number of aryl methyl sites for hydroxylation is 1. The Morgan fingerprint density at radius 2 is 2.07 bits per heavy atom. The highest BCUT2D eigenvalue weighted by molar-refractivity contribution is 7.99. The molecule has 0 atom stereocenters. The van der Waals surface area contributed by atoms with Crippen LogP contribution in [0, 0.1) is 6.92 Å². The smallest absolute Gasteiger partial charge is 0.250 e. The van der Waals surface area contributed by atoms with Gasteiger partial charge >= 0.3 is 0 Å². The molecule has 0 bridgehead atoms. The van der Waals surface area contributed by atoms with Crippen molar-refractivity contribution in [2.75, 3.05) is 5.75 Å². The summed E-state index contributed by atoms with van der Waals surface area (Å²) in [5, 5.41) is 12.9. The number of carbonyl (C=O) groups is 1. The standard InChI is InChI=1S/C21H22N6O2S/c1-3-12-27-19(14-29-18-10-5-4-6-11-18)24-26-21(27)30-15-20(28)25-22-13-17-9-7-8-16(2)23-17/h3-11,13H,1,12,14-15H2,2H3,(H,25,28). The van der Waals surface area contributed by atoms with Crippen LogP contribution in [0.15, 0.2) is 71.4 Å². The summed E-state index contributed by atoms with van der Waals surface area (Å²) in [5.74, 6) is 1.30. The summed E-state index contributed by atoms with van der Waals surface area (Å²) >= 11 is 1.27. The average molecular weight is 423 g/mol. The molecule has 154 valence electrons.